The number of aryl methyl sites for hydroxylation is 2. The first-order chi connectivity index (χ1) is 10.3. The number of aromatic nitrogens is 1. The lowest BCUT2D eigenvalue weighted by molar-refractivity contribution is -0.114. The minimum absolute atomic E-state index is 0.166. The van der Waals surface area contributed by atoms with E-state index < -0.39 is 10.8 Å². The van der Waals surface area contributed by atoms with Crippen molar-refractivity contribution in [2.24, 2.45) is 0 Å². The van der Waals surface area contributed by atoms with Crippen molar-refractivity contribution in [3.05, 3.63) is 45.7 Å². The van der Waals surface area contributed by atoms with Crippen LogP contribution in [0, 0.1) is 13.8 Å². The van der Waals surface area contributed by atoms with Gasteiger partial charge >= 0.3 is 0 Å². The Morgan fingerprint density at radius 1 is 1.09 bits per heavy atom. The maximum Gasteiger partial charge on any atom is 0.221 e. The van der Waals surface area contributed by atoms with Gasteiger partial charge in [-0.2, -0.15) is 0 Å². The fourth-order valence-corrected chi connectivity index (χ4v) is 3.90. The number of carbonyl (C=O) groups is 1. The summed E-state index contributed by atoms with van der Waals surface area (Å²) in [5, 5.41) is 3.26. The van der Waals surface area contributed by atoms with E-state index in [1.54, 1.807) is 38.1 Å². The predicted molar refractivity (Wildman–Crippen MR) is 89.2 cm³/mol. The molecule has 116 valence electrons. The van der Waals surface area contributed by atoms with Gasteiger partial charge in [-0.1, -0.05) is 23.2 Å². The minimum Gasteiger partial charge on any atom is -0.326 e. The van der Waals surface area contributed by atoms with Crippen molar-refractivity contribution in [3.63, 3.8) is 0 Å². The minimum atomic E-state index is -1.53. The first-order valence-corrected chi connectivity index (χ1v) is 8.33. The van der Waals surface area contributed by atoms with Gasteiger partial charge in [0.1, 0.15) is 0 Å². The molecule has 0 saturated heterocycles. The zero-order valence-electron chi connectivity index (χ0n) is 12.2. The average Bonchev–Trinajstić information content (AvgIpc) is 2.45. The molecule has 0 fully saturated rings. The van der Waals surface area contributed by atoms with Crippen LogP contribution in [0.25, 0.3) is 0 Å². The molecule has 0 aliphatic rings. The van der Waals surface area contributed by atoms with Gasteiger partial charge in [0.15, 0.2) is 0 Å². The van der Waals surface area contributed by atoms with Crippen LogP contribution < -0.4 is 5.32 Å². The third-order valence-corrected chi connectivity index (χ3v) is 5.57. The topological polar surface area (TPSA) is 59.1 Å². The van der Waals surface area contributed by atoms with Gasteiger partial charge < -0.3 is 5.32 Å². The second-order valence-electron chi connectivity index (χ2n) is 4.71. The van der Waals surface area contributed by atoms with Crippen LogP contribution in [0.1, 0.15) is 18.3 Å². The average molecular weight is 357 g/mol. The van der Waals surface area contributed by atoms with E-state index >= 15 is 0 Å². The van der Waals surface area contributed by atoms with Crippen molar-refractivity contribution in [1.82, 2.24) is 4.98 Å². The molecule has 1 aromatic carbocycles. The summed E-state index contributed by atoms with van der Waals surface area (Å²) in [5.74, 6) is -0.166. The number of halogens is 2. The van der Waals surface area contributed by atoms with Gasteiger partial charge in [-0.05, 0) is 38.1 Å². The quantitative estimate of drug-likeness (QED) is 0.899. The van der Waals surface area contributed by atoms with Crippen LogP contribution in [-0.4, -0.2) is 15.1 Å². The zero-order valence-corrected chi connectivity index (χ0v) is 14.6. The lowest BCUT2D eigenvalue weighted by Gasteiger charge is -2.11. The molecule has 1 unspecified atom stereocenters. The SMILES string of the molecule is CC(=O)Nc1ccc(S(=O)c2c(Cl)c(C)nc(C)c2Cl)cc1. The van der Waals surface area contributed by atoms with Crippen LogP contribution in [0.4, 0.5) is 5.69 Å². The number of nitrogens with one attached hydrogen (secondary N) is 1. The molecule has 1 amide bonds. The molecule has 4 nitrogen and oxygen atoms in total. The number of nitrogens with zero attached hydrogens (tertiary/aromatic N) is 1. The zero-order chi connectivity index (χ0) is 16.4. The predicted octanol–water partition coefficient (Wildman–Crippen LogP) is 4.13. The van der Waals surface area contributed by atoms with E-state index in [0.29, 0.717) is 36.9 Å². The van der Waals surface area contributed by atoms with Crippen molar-refractivity contribution >= 4 is 45.6 Å². The molecule has 0 bridgehead atoms. The summed E-state index contributed by atoms with van der Waals surface area (Å²) in [6.45, 7) is 4.91. The van der Waals surface area contributed by atoms with Gasteiger partial charge in [-0.3, -0.25) is 9.78 Å². The van der Waals surface area contributed by atoms with Crippen LogP contribution in [0.2, 0.25) is 10.0 Å². The van der Waals surface area contributed by atoms with E-state index in [1.807, 2.05) is 0 Å². The second kappa shape index (κ2) is 6.77. The van der Waals surface area contributed by atoms with E-state index in [-0.39, 0.29) is 5.91 Å². The monoisotopic (exact) mass is 356 g/mol. The molecule has 0 radical (unpaired) electrons. The number of hydrogen-bond donors (Lipinski definition) is 1. The summed E-state index contributed by atoms with van der Waals surface area (Å²) in [6, 6.07) is 6.69. The molecule has 1 aromatic heterocycles. The summed E-state index contributed by atoms with van der Waals surface area (Å²) >= 11 is 12.4. The molecular formula is C15H14Cl2N2O2S. The molecule has 0 aliphatic carbocycles. The molecule has 0 spiro atoms. The fourth-order valence-electron chi connectivity index (χ4n) is 1.92. The number of anilines is 1. The number of amides is 1. The van der Waals surface area contributed by atoms with Crippen LogP contribution in [0.5, 0.6) is 0 Å². The number of rotatable bonds is 3. The Labute approximate surface area is 141 Å². The lowest BCUT2D eigenvalue weighted by Crippen LogP contribution is -2.06. The van der Waals surface area contributed by atoms with Crippen LogP contribution in [0.15, 0.2) is 34.1 Å². The summed E-state index contributed by atoms with van der Waals surface area (Å²) in [7, 11) is -1.53. The largest absolute Gasteiger partial charge is 0.326 e. The smallest absolute Gasteiger partial charge is 0.221 e. The molecule has 0 aliphatic heterocycles. The van der Waals surface area contributed by atoms with Crippen molar-refractivity contribution < 1.29 is 9.00 Å². The molecule has 22 heavy (non-hydrogen) atoms. The third kappa shape index (κ3) is 3.48. The van der Waals surface area contributed by atoms with E-state index in [4.69, 9.17) is 23.2 Å². The van der Waals surface area contributed by atoms with Gasteiger partial charge in [-0.25, -0.2) is 4.21 Å². The van der Waals surface area contributed by atoms with E-state index in [0.717, 1.165) is 0 Å². The number of pyridine rings is 1. The molecule has 1 atom stereocenters. The highest BCUT2D eigenvalue weighted by Crippen LogP contribution is 2.34. The van der Waals surface area contributed by atoms with Crippen LogP contribution >= 0.6 is 23.2 Å². The molecule has 7 heteroatoms. The van der Waals surface area contributed by atoms with Gasteiger partial charge in [0, 0.05) is 17.5 Å². The Balaban J connectivity index is 2.43. The van der Waals surface area contributed by atoms with Crippen molar-refractivity contribution in [3.8, 4) is 0 Å². The number of hydrogen-bond acceptors (Lipinski definition) is 3. The highest BCUT2D eigenvalue weighted by atomic mass is 35.5. The Morgan fingerprint density at radius 3 is 2.05 bits per heavy atom. The Morgan fingerprint density at radius 2 is 1.59 bits per heavy atom. The Kier molecular flexibility index (Phi) is 5.21. The Bertz CT molecular complexity index is 735. The lowest BCUT2D eigenvalue weighted by atomic mass is 10.3. The summed E-state index contributed by atoms with van der Waals surface area (Å²) in [5.41, 5.74) is 1.80. The van der Waals surface area contributed by atoms with E-state index in [2.05, 4.69) is 10.3 Å². The van der Waals surface area contributed by atoms with E-state index in [9.17, 15) is 9.00 Å². The number of carbonyl (C=O) groups excluding carboxylic acids is 1. The highest BCUT2D eigenvalue weighted by Gasteiger charge is 2.20. The number of benzene rings is 1. The van der Waals surface area contributed by atoms with E-state index in [1.165, 1.54) is 6.92 Å². The Hall–Kier alpha value is -1.43. The van der Waals surface area contributed by atoms with Gasteiger partial charge in [-0.15, -0.1) is 0 Å². The molecule has 2 rings (SSSR count). The molecule has 1 heterocycles. The first kappa shape index (κ1) is 16.9. The second-order valence-corrected chi connectivity index (χ2v) is 6.89. The standard InChI is InChI=1S/C15H14Cl2N2O2S/c1-8-13(16)15(14(17)9(2)18-8)22(21)12-6-4-11(5-7-12)19-10(3)20/h4-7H,1-3H3,(H,19,20). The third-order valence-electron chi connectivity index (χ3n) is 2.94. The molecular weight excluding hydrogens is 343 g/mol. The fraction of sp³-hybridized carbons (Fsp3) is 0.200. The highest BCUT2D eigenvalue weighted by molar-refractivity contribution is 7.85. The van der Waals surface area contributed by atoms with Gasteiger partial charge in [0.25, 0.3) is 0 Å². The maximum absolute atomic E-state index is 12.8. The summed E-state index contributed by atoms with van der Waals surface area (Å²) in [4.78, 5) is 16.1. The molecule has 2 aromatic rings. The van der Waals surface area contributed by atoms with Crippen molar-refractivity contribution in [2.45, 2.75) is 30.6 Å². The van der Waals surface area contributed by atoms with Gasteiger partial charge in [0.2, 0.25) is 5.91 Å². The summed E-state index contributed by atoms with van der Waals surface area (Å²) in [6.07, 6.45) is 0. The maximum atomic E-state index is 12.8. The van der Waals surface area contributed by atoms with Crippen molar-refractivity contribution in [2.75, 3.05) is 5.32 Å². The van der Waals surface area contributed by atoms with Crippen molar-refractivity contribution in [1.29, 1.82) is 0 Å². The van der Waals surface area contributed by atoms with Crippen LogP contribution in [-0.2, 0) is 15.6 Å². The normalized spacial score (nSPS) is 12.0. The van der Waals surface area contributed by atoms with Gasteiger partial charge in [0.05, 0.1) is 37.1 Å². The summed E-state index contributed by atoms with van der Waals surface area (Å²) < 4.78 is 12.8. The molecule has 0 saturated carbocycles. The van der Waals surface area contributed by atoms with Crippen LogP contribution in [0.3, 0.4) is 0 Å². The molecule has 1 N–H and O–H groups in total. The first-order valence-electron chi connectivity index (χ1n) is 6.43.